The van der Waals surface area contributed by atoms with Crippen LogP contribution in [-0.4, -0.2) is 54.8 Å². The number of methoxy groups -OCH3 is 1. The van der Waals surface area contributed by atoms with E-state index in [1.54, 1.807) is 21.0 Å². The molecule has 2 fully saturated rings. The van der Waals surface area contributed by atoms with Crippen LogP contribution >= 0.6 is 0 Å². The molecule has 5 rings (SSSR count). The number of hydrogen-bond donors (Lipinski definition) is 0. The minimum Gasteiger partial charge on any atom is -0.496 e. The maximum absolute atomic E-state index is 13.4. The van der Waals surface area contributed by atoms with Crippen LogP contribution in [-0.2, 0) is 33.4 Å². The number of nitrogens with zero attached hydrogens (tertiary/aromatic N) is 3. The molecule has 228 valence electrons. The van der Waals surface area contributed by atoms with E-state index < -0.39 is 30.0 Å². The van der Waals surface area contributed by atoms with Crippen molar-refractivity contribution >= 4 is 17.9 Å². The first-order chi connectivity index (χ1) is 20.6. The van der Waals surface area contributed by atoms with Gasteiger partial charge in [-0.25, -0.2) is 9.78 Å². The Kier molecular flexibility index (Phi) is 8.79. The van der Waals surface area contributed by atoms with E-state index in [1.807, 2.05) is 30.3 Å². The lowest BCUT2D eigenvalue weighted by atomic mass is 9.97. The lowest BCUT2D eigenvalue weighted by molar-refractivity contribution is -0.143. The Hall–Kier alpha value is -4.28. The van der Waals surface area contributed by atoms with Gasteiger partial charge in [0.05, 0.1) is 37.6 Å². The topological polar surface area (TPSA) is 81.2 Å². The standard InChI is InChI=1S/C32H34F3N3O5/c1-4-42-29(39)14-10-21-9-12-27(41-3)25(17-21)24-11-13-28(37-15-6-16-37)36-26(24)19-38-20(2)30(43-31(38)40)22-7-5-8-23(18-22)32(33,34)35/h5,7-9,11-13,17-18,20,30H,4,6,10,14-16,19H2,1-3H3/t20-,30-/m0/s1. The van der Waals surface area contributed by atoms with Gasteiger partial charge in [-0.1, -0.05) is 18.2 Å². The second kappa shape index (κ2) is 12.5. The van der Waals surface area contributed by atoms with Crippen molar-refractivity contribution in [1.29, 1.82) is 0 Å². The molecular formula is C32H34F3N3O5. The first kappa shape index (κ1) is 30.2. The minimum atomic E-state index is -4.51. The Bertz CT molecular complexity index is 1490. The predicted molar refractivity (Wildman–Crippen MR) is 154 cm³/mol. The molecule has 11 heteroatoms. The normalized spacial score (nSPS) is 18.3. The Morgan fingerprint density at radius 1 is 1.09 bits per heavy atom. The quantitative estimate of drug-likeness (QED) is 0.245. The second-order valence-corrected chi connectivity index (χ2v) is 10.6. The van der Waals surface area contributed by atoms with E-state index in [2.05, 4.69) is 4.90 Å². The van der Waals surface area contributed by atoms with Gasteiger partial charge in [0, 0.05) is 30.6 Å². The van der Waals surface area contributed by atoms with E-state index in [0.717, 1.165) is 54.2 Å². The van der Waals surface area contributed by atoms with Crippen LogP contribution in [0, 0.1) is 0 Å². The van der Waals surface area contributed by atoms with Gasteiger partial charge in [0.2, 0.25) is 0 Å². The van der Waals surface area contributed by atoms with Crippen LogP contribution < -0.4 is 9.64 Å². The summed E-state index contributed by atoms with van der Waals surface area (Å²) in [6, 6.07) is 13.9. The van der Waals surface area contributed by atoms with Crippen molar-refractivity contribution in [2.75, 3.05) is 31.7 Å². The number of aryl methyl sites for hydroxylation is 1. The zero-order valence-electron chi connectivity index (χ0n) is 24.3. The Morgan fingerprint density at radius 2 is 1.88 bits per heavy atom. The summed E-state index contributed by atoms with van der Waals surface area (Å²) in [5.74, 6) is 1.09. The van der Waals surface area contributed by atoms with Gasteiger partial charge >= 0.3 is 18.2 Å². The number of hydrogen-bond acceptors (Lipinski definition) is 7. The highest BCUT2D eigenvalue weighted by Crippen LogP contribution is 2.39. The lowest BCUT2D eigenvalue weighted by Gasteiger charge is -2.33. The molecule has 0 unspecified atom stereocenters. The fourth-order valence-electron chi connectivity index (χ4n) is 5.39. The van der Waals surface area contributed by atoms with Crippen molar-refractivity contribution < 1.29 is 37.0 Å². The van der Waals surface area contributed by atoms with Crippen molar-refractivity contribution in [2.45, 2.75) is 58.0 Å². The van der Waals surface area contributed by atoms with Crippen LogP contribution in [0.25, 0.3) is 11.1 Å². The number of anilines is 1. The van der Waals surface area contributed by atoms with Gasteiger partial charge in [-0.05, 0) is 74.2 Å². The van der Waals surface area contributed by atoms with Gasteiger partial charge in [-0.2, -0.15) is 13.2 Å². The maximum Gasteiger partial charge on any atom is 0.416 e. The van der Waals surface area contributed by atoms with E-state index in [1.165, 1.54) is 17.0 Å². The molecule has 0 N–H and O–H groups in total. The third-order valence-corrected chi connectivity index (χ3v) is 7.87. The van der Waals surface area contributed by atoms with E-state index in [0.29, 0.717) is 24.5 Å². The minimum absolute atomic E-state index is 0.0721. The average molecular weight is 598 g/mol. The average Bonchev–Trinajstić information content (AvgIpc) is 3.23. The fraction of sp³-hybridized carbons (Fsp3) is 0.406. The van der Waals surface area contributed by atoms with Crippen LogP contribution in [0.1, 0.15) is 55.2 Å². The highest BCUT2D eigenvalue weighted by atomic mass is 19.4. The van der Waals surface area contributed by atoms with Crippen molar-refractivity contribution in [3.05, 3.63) is 77.0 Å². The SMILES string of the molecule is CCOC(=O)CCc1ccc(OC)c(-c2ccc(N3CCC3)nc2CN2C(=O)O[C@H](c3cccc(C(F)(F)F)c3)[C@@H]2C)c1. The first-order valence-electron chi connectivity index (χ1n) is 14.3. The summed E-state index contributed by atoms with van der Waals surface area (Å²) >= 11 is 0. The largest absolute Gasteiger partial charge is 0.496 e. The number of cyclic esters (lactones) is 1. The van der Waals surface area contributed by atoms with Gasteiger partial charge in [-0.3, -0.25) is 9.69 Å². The summed E-state index contributed by atoms with van der Waals surface area (Å²) < 4.78 is 56.5. The Balaban J connectivity index is 1.48. The summed E-state index contributed by atoms with van der Waals surface area (Å²) in [5, 5.41) is 0. The van der Waals surface area contributed by atoms with Crippen molar-refractivity contribution in [3.8, 4) is 16.9 Å². The van der Waals surface area contributed by atoms with Crippen LogP contribution in [0.3, 0.4) is 0 Å². The molecule has 0 saturated carbocycles. The van der Waals surface area contributed by atoms with E-state index in [9.17, 15) is 22.8 Å². The molecule has 0 radical (unpaired) electrons. The number of aromatic nitrogens is 1. The molecule has 43 heavy (non-hydrogen) atoms. The zero-order chi connectivity index (χ0) is 30.7. The molecule has 0 bridgehead atoms. The molecule has 2 aliphatic rings. The molecule has 3 aromatic rings. The maximum atomic E-state index is 13.4. The molecular weight excluding hydrogens is 563 g/mol. The van der Waals surface area contributed by atoms with E-state index in [4.69, 9.17) is 19.2 Å². The molecule has 2 atom stereocenters. The van der Waals surface area contributed by atoms with Gasteiger partial charge in [-0.15, -0.1) is 0 Å². The number of alkyl halides is 3. The molecule has 3 heterocycles. The van der Waals surface area contributed by atoms with E-state index in [-0.39, 0.29) is 24.5 Å². The molecule has 2 aromatic carbocycles. The number of carbonyl (C=O) groups is 2. The van der Waals surface area contributed by atoms with Crippen molar-refractivity contribution in [1.82, 2.24) is 9.88 Å². The third-order valence-electron chi connectivity index (χ3n) is 7.87. The summed E-state index contributed by atoms with van der Waals surface area (Å²) in [4.78, 5) is 33.7. The molecule has 2 saturated heterocycles. The highest BCUT2D eigenvalue weighted by molar-refractivity contribution is 5.76. The predicted octanol–water partition coefficient (Wildman–Crippen LogP) is 6.56. The number of ether oxygens (including phenoxy) is 3. The fourth-order valence-corrected chi connectivity index (χ4v) is 5.39. The number of pyridine rings is 1. The monoisotopic (exact) mass is 597 g/mol. The molecule has 2 aliphatic heterocycles. The van der Waals surface area contributed by atoms with E-state index >= 15 is 0 Å². The molecule has 1 amide bonds. The third kappa shape index (κ3) is 6.55. The Morgan fingerprint density at radius 3 is 2.56 bits per heavy atom. The molecule has 1 aromatic heterocycles. The summed E-state index contributed by atoms with van der Waals surface area (Å²) in [6.07, 6.45) is -4.26. The molecule has 0 aliphatic carbocycles. The van der Waals surface area contributed by atoms with Gasteiger partial charge in [0.1, 0.15) is 17.7 Å². The zero-order valence-corrected chi connectivity index (χ0v) is 24.3. The van der Waals surface area contributed by atoms with Crippen molar-refractivity contribution in [2.24, 2.45) is 0 Å². The smallest absolute Gasteiger partial charge is 0.416 e. The summed E-state index contributed by atoms with van der Waals surface area (Å²) in [5.41, 5.74) is 2.46. The van der Waals surface area contributed by atoms with Crippen LogP contribution in [0.5, 0.6) is 5.75 Å². The van der Waals surface area contributed by atoms with Gasteiger partial charge < -0.3 is 19.1 Å². The highest BCUT2D eigenvalue weighted by Gasteiger charge is 2.41. The van der Waals surface area contributed by atoms with Gasteiger partial charge in [0.15, 0.2) is 0 Å². The number of carbonyl (C=O) groups excluding carboxylic acids is 2. The second-order valence-electron chi connectivity index (χ2n) is 10.6. The molecule has 0 spiro atoms. The van der Waals surface area contributed by atoms with Crippen LogP contribution in [0.2, 0.25) is 0 Å². The van der Waals surface area contributed by atoms with Crippen LogP contribution in [0.4, 0.5) is 23.8 Å². The summed E-state index contributed by atoms with van der Waals surface area (Å²) in [7, 11) is 1.57. The molecule has 8 nitrogen and oxygen atoms in total. The number of amides is 1. The lowest BCUT2D eigenvalue weighted by Crippen LogP contribution is -2.38. The number of rotatable bonds is 10. The first-order valence-corrected chi connectivity index (χ1v) is 14.3. The number of benzene rings is 2. The summed E-state index contributed by atoms with van der Waals surface area (Å²) in [6.45, 7) is 5.65. The number of esters is 1. The number of halogens is 3. The Labute approximate surface area is 248 Å². The van der Waals surface area contributed by atoms with Gasteiger partial charge in [0.25, 0.3) is 0 Å². The van der Waals surface area contributed by atoms with Crippen LogP contribution in [0.15, 0.2) is 54.6 Å². The van der Waals surface area contributed by atoms with Crippen molar-refractivity contribution in [3.63, 3.8) is 0 Å².